The average molecular weight is 367 g/mol. The SMILES string of the molecule is CCCCCCCOc1ccc(-c2ccc(C=CC(=O)OCC)cc2)cc1. The molecule has 144 valence electrons. The molecule has 3 nitrogen and oxygen atoms in total. The largest absolute Gasteiger partial charge is 0.494 e. The number of ether oxygens (including phenoxy) is 2. The van der Waals surface area contributed by atoms with Gasteiger partial charge in [-0.05, 0) is 48.2 Å². The van der Waals surface area contributed by atoms with Crippen molar-refractivity contribution in [2.75, 3.05) is 13.2 Å². The molecular weight excluding hydrogens is 336 g/mol. The fraction of sp³-hybridized carbons (Fsp3) is 0.375. The normalized spacial score (nSPS) is 10.9. The van der Waals surface area contributed by atoms with Gasteiger partial charge in [0.05, 0.1) is 13.2 Å². The summed E-state index contributed by atoms with van der Waals surface area (Å²) in [5, 5.41) is 0. The van der Waals surface area contributed by atoms with Crippen LogP contribution in [0, 0.1) is 0 Å². The van der Waals surface area contributed by atoms with Gasteiger partial charge in [-0.3, -0.25) is 0 Å². The lowest BCUT2D eigenvalue weighted by Gasteiger charge is -2.08. The zero-order valence-electron chi connectivity index (χ0n) is 16.4. The van der Waals surface area contributed by atoms with Crippen LogP contribution in [0.3, 0.4) is 0 Å². The van der Waals surface area contributed by atoms with E-state index in [1.807, 2.05) is 24.3 Å². The van der Waals surface area contributed by atoms with Crippen molar-refractivity contribution in [3.05, 3.63) is 60.2 Å². The van der Waals surface area contributed by atoms with Gasteiger partial charge in [0.1, 0.15) is 5.75 Å². The van der Waals surface area contributed by atoms with Crippen LogP contribution in [0.25, 0.3) is 17.2 Å². The minimum Gasteiger partial charge on any atom is -0.494 e. The van der Waals surface area contributed by atoms with E-state index in [0.29, 0.717) is 6.61 Å². The van der Waals surface area contributed by atoms with Gasteiger partial charge in [-0.15, -0.1) is 0 Å². The van der Waals surface area contributed by atoms with Crippen molar-refractivity contribution in [2.45, 2.75) is 46.0 Å². The van der Waals surface area contributed by atoms with E-state index in [4.69, 9.17) is 9.47 Å². The summed E-state index contributed by atoms with van der Waals surface area (Å²) in [6, 6.07) is 16.3. The van der Waals surface area contributed by atoms with Crippen molar-refractivity contribution in [3.63, 3.8) is 0 Å². The van der Waals surface area contributed by atoms with E-state index in [-0.39, 0.29) is 5.97 Å². The highest BCUT2D eigenvalue weighted by Gasteiger charge is 2.00. The molecule has 2 rings (SSSR count). The van der Waals surface area contributed by atoms with Crippen molar-refractivity contribution in [1.29, 1.82) is 0 Å². The van der Waals surface area contributed by atoms with Crippen LogP contribution in [0.15, 0.2) is 54.6 Å². The summed E-state index contributed by atoms with van der Waals surface area (Å²) in [4.78, 5) is 11.4. The van der Waals surface area contributed by atoms with Crippen LogP contribution >= 0.6 is 0 Å². The van der Waals surface area contributed by atoms with E-state index in [1.54, 1.807) is 13.0 Å². The molecule has 0 radical (unpaired) electrons. The summed E-state index contributed by atoms with van der Waals surface area (Å²) >= 11 is 0. The van der Waals surface area contributed by atoms with Gasteiger partial charge in [0.15, 0.2) is 0 Å². The third-order valence-corrected chi connectivity index (χ3v) is 4.31. The van der Waals surface area contributed by atoms with Gasteiger partial charge in [0.2, 0.25) is 0 Å². The van der Waals surface area contributed by atoms with Gasteiger partial charge in [-0.25, -0.2) is 4.79 Å². The highest BCUT2D eigenvalue weighted by Crippen LogP contribution is 2.23. The number of esters is 1. The first-order chi connectivity index (χ1) is 13.2. The first-order valence-electron chi connectivity index (χ1n) is 9.91. The Balaban J connectivity index is 1.84. The molecule has 0 aromatic heterocycles. The first-order valence-corrected chi connectivity index (χ1v) is 9.91. The van der Waals surface area contributed by atoms with Gasteiger partial charge in [0.25, 0.3) is 0 Å². The highest BCUT2D eigenvalue weighted by molar-refractivity contribution is 5.87. The quantitative estimate of drug-likeness (QED) is 0.267. The highest BCUT2D eigenvalue weighted by atomic mass is 16.5. The molecule has 3 heteroatoms. The zero-order valence-corrected chi connectivity index (χ0v) is 16.4. The molecule has 27 heavy (non-hydrogen) atoms. The molecule has 2 aromatic carbocycles. The Morgan fingerprint density at radius 2 is 1.48 bits per heavy atom. The second kappa shape index (κ2) is 11.9. The number of rotatable bonds is 11. The van der Waals surface area contributed by atoms with Crippen LogP contribution < -0.4 is 4.74 Å². The maximum absolute atomic E-state index is 11.4. The van der Waals surface area contributed by atoms with Gasteiger partial charge in [0, 0.05) is 6.08 Å². The topological polar surface area (TPSA) is 35.5 Å². The van der Waals surface area contributed by atoms with E-state index in [2.05, 4.69) is 31.2 Å². The number of carbonyl (C=O) groups excluding carboxylic acids is 1. The summed E-state index contributed by atoms with van der Waals surface area (Å²) in [5.41, 5.74) is 3.25. The number of hydrogen-bond acceptors (Lipinski definition) is 3. The molecule has 2 aromatic rings. The minimum atomic E-state index is -0.317. The maximum atomic E-state index is 11.4. The lowest BCUT2D eigenvalue weighted by molar-refractivity contribution is -0.137. The molecule has 0 heterocycles. The van der Waals surface area contributed by atoms with Gasteiger partial charge >= 0.3 is 5.97 Å². The Bertz CT molecular complexity index is 699. The summed E-state index contributed by atoms with van der Waals surface area (Å²) in [5.74, 6) is 0.603. The number of hydrogen-bond donors (Lipinski definition) is 0. The Kier molecular flexibility index (Phi) is 9.19. The molecule has 0 fully saturated rings. The van der Waals surface area contributed by atoms with Crippen LogP contribution in [0.2, 0.25) is 0 Å². The van der Waals surface area contributed by atoms with Crippen LogP contribution in [0.4, 0.5) is 0 Å². The molecule has 0 amide bonds. The van der Waals surface area contributed by atoms with E-state index in [0.717, 1.165) is 35.5 Å². The molecule has 0 saturated heterocycles. The maximum Gasteiger partial charge on any atom is 0.330 e. The third-order valence-electron chi connectivity index (χ3n) is 4.31. The molecular formula is C24H30O3. The average Bonchev–Trinajstić information content (AvgIpc) is 2.70. The molecule has 0 aliphatic heterocycles. The Labute approximate surface area is 163 Å². The summed E-state index contributed by atoms with van der Waals surface area (Å²) in [6.07, 6.45) is 9.44. The lowest BCUT2D eigenvalue weighted by Crippen LogP contribution is -1.98. The van der Waals surface area contributed by atoms with Crippen LogP contribution in [-0.4, -0.2) is 19.2 Å². The van der Waals surface area contributed by atoms with Gasteiger partial charge < -0.3 is 9.47 Å². The predicted molar refractivity (Wildman–Crippen MR) is 112 cm³/mol. The monoisotopic (exact) mass is 366 g/mol. The third kappa shape index (κ3) is 7.69. The summed E-state index contributed by atoms with van der Waals surface area (Å²) in [7, 11) is 0. The molecule has 0 aliphatic carbocycles. The molecule has 0 bridgehead atoms. The predicted octanol–water partition coefficient (Wildman–Crippen LogP) is 6.28. The van der Waals surface area contributed by atoms with E-state index in [9.17, 15) is 4.79 Å². The van der Waals surface area contributed by atoms with E-state index >= 15 is 0 Å². The van der Waals surface area contributed by atoms with Gasteiger partial charge in [-0.1, -0.05) is 69.0 Å². The Morgan fingerprint density at radius 3 is 2.11 bits per heavy atom. The number of unbranched alkanes of at least 4 members (excludes halogenated alkanes) is 4. The zero-order chi connectivity index (χ0) is 19.3. The standard InChI is InChI=1S/C24H30O3/c1-3-5-6-7-8-19-27-23-16-14-22(15-17-23)21-12-9-20(10-13-21)11-18-24(25)26-4-2/h9-18H,3-8,19H2,1-2H3. The molecule has 0 aliphatic rings. The number of benzene rings is 2. The number of carbonyl (C=O) groups is 1. The molecule has 0 N–H and O–H groups in total. The summed E-state index contributed by atoms with van der Waals surface area (Å²) in [6.45, 7) is 5.20. The lowest BCUT2D eigenvalue weighted by atomic mass is 10.0. The fourth-order valence-corrected chi connectivity index (χ4v) is 2.78. The molecule has 0 saturated carbocycles. The van der Waals surface area contributed by atoms with Crippen molar-refractivity contribution < 1.29 is 14.3 Å². The van der Waals surface area contributed by atoms with Crippen molar-refractivity contribution in [2.24, 2.45) is 0 Å². The second-order valence-electron chi connectivity index (χ2n) is 6.49. The molecule has 0 spiro atoms. The van der Waals surface area contributed by atoms with Crippen molar-refractivity contribution >= 4 is 12.0 Å². The second-order valence-corrected chi connectivity index (χ2v) is 6.49. The molecule has 0 unspecified atom stereocenters. The van der Waals surface area contributed by atoms with Crippen LogP contribution in [0.1, 0.15) is 51.5 Å². The van der Waals surface area contributed by atoms with Crippen molar-refractivity contribution in [1.82, 2.24) is 0 Å². The fourth-order valence-electron chi connectivity index (χ4n) is 2.78. The van der Waals surface area contributed by atoms with Crippen LogP contribution in [-0.2, 0) is 9.53 Å². The van der Waals surface area contributed by atoms with E-state index in [1.165, 1.54) is 31.8 Å². The Morgan fingerprint density at radius 1 is 0.852 bits per heavy atom. The minimum absolute atomic E-state index is 0.317. The van der Waals surface area contributed by atoms with Crippen molar-refractivity contribution in [3.8, 4) is 16.9 Å². The summed E-state index contributed by atoms with van der Waals surface area (Å²) < 4.78 is 10.7. The first kappa shape index (κ1) is 20.8. The van der Waals surface area contributed by atoms with Crippen LogP contribution in [0.5, 0.6) is 5.75 Å². The Hall–Kier alpha value is -2.55. The van der Waals surface area contributed by atoms with E-state index < -0.39 is 0 Å². The van der Waals surface area contributed by atoms with Gasteiger partial charge in [-0.2, -0.15) is 0 Å². The smallest absolute Gasteiger partial charge is 0.330 e. The molecule has 0 atom stereocenters.